The largest absolute Gasteiger partial charge is 0.467 e. The molecule has 6 heteroatoms. The summed E-state index contributed by atoms with van der Waals surface area (Å²) in [5, 5.41) is 9.63. The molecule has 0 aliphatic rings. The maximum atomic E-state index is 13.0. The van der Waals surface area contributed by atoms with Crippen LogP contribution in [0, 0.1) is 0 Å². The lowest BCUT2D eigenvalue weighted by Gasteiger charge is -2.19. The maximum absolute atomic E-state index is 13.0. The van der Waals surface area contributed by atoms with Crippen molar-refractivity contribution in [3.63, 3.8) is 0 Å². The second-order valence-electron chi connectivity index (χ2n) is 7.81. The molecule has 0 spiro atoms. The first-order chi connectivity index (χ1) is 16.0. The Hall–Kier alpha value is -4.19. The molecule has 1 atom stereocenters. The van der Waals surface area contributed by atoms with E-state index in [-0.39, 0.29) is 12.3 Å². The van der Waals surface area contributed by atoms with E-state index in [9.17, 15) is 14.4 Å². The van der Waals surface area contributed by atoms with Crippen molar-refractivity contribution in [1.82, 2.24) is 5.32 Å². The minimum absolute atomic E-state index is 0.233. The van der Waals surface area contributed by atoms with Gasteiger partial charge in [0.1, 0.15) is 6.04 Å². The van der Waals surface area contributed by atoms with E-state index in [1.54, 1.807) is 24.3 Å². The number of benzene rings is 4. The van der Waals surface area contributed by atoms with E-state index < -0.39 is 17.9 Å². The molecule has 166 valence electrons. The van der Waals surface area contributed by atoms with Crippen molar-refractivity contribution < 1.29 is 19.1 Å². The summed E-state index contributed by atoms with van der Waals surface area (Å²) < 4.78 is 5.01. The quantitative estimate of drug-likeness (QED) is 0.342. The van der Waals surface area contributed by atoms with Gasteiger partial charge in [0, 0.05) is 24.6 Å². The summed E-state index contributed by atoms with van der Waals surface area (Å²) in [5.74, 6) is -1.19. The highest BCUT2D eigenvalue weighted by molar-refractivity contribution is 6.03. The number of fused-ring (bicyclic) bond motifs is 2. The molecule has 0 heterocycles. The number of ether oxygens (including phenoxy) is 1. The number of carbonyl (C=O) groups excluding carboxylic acids is 3. The second kappa shape index (κ2) is 9.53. The van der Waals surface area contributed by atoms with E-state index in [2.05, 4.69) is 16.7 Å². The van der Waals surface area contributed by atoms with Crippen LogP contribution in [-0.4, -0.2) is 30.9 Å². The van der Waals surface area contributed by atoms with Crippen LogP contribution < -0.4 is 10.6 Å². The lowest BCUT2D eigenvalue weighted by molar-refractivity contribution is -0.142. The SMILES string of the molecule is COC(=O)[C@H](Cc1c2ccccc2cc2ccccc12)NC(=O)c1cccc(NC(C)=O)c1. The monoisotopic (exact) mass is 440 g/mol. The molecule has 0 fully saturated rings. The minimum atomic E-state index is -0.888. The van der Waals surface area contributed by atoms with Gasteiger partial charge in [-0.2, -0.15) is 0 Å². The first kappa shape index (κ1) is 22.0. The molecule has 6 nitrogen and oxygen atoms in total. The van der Waals surface area contributed by atoms with E-state index in [1.165, 1.54) is 14.0 Å². The van der Waals surface area contributed by atoms with Crippen LogP contribution in [0.25, 0.3) is 21.5 Å². The minimum Gasteiger partial charge on any atom is -0.467 e. The van der Waals surface area contributed by atoms with Crippen molar-refractivity contribution in [3.05, 3.63) is 90.0 Å². The van der Waals surface area contributed by atoms with Crippen molar-refractivity contribution in [3.8, 4) is 0 Å². The number of hydrogen-bond donors (Lipinski definition) is 2. The van der Waals surface area contributed by atoms with Crippen LogP contribution >= 0.6 is 0 Å². The molecular weight excluding hydrogens is 416 g/mol. The van der Waals surface area contributed by atoms with Gasteiger partial charge in [0.15, 0.2) is 0 Å². The molecule has 4 aromatic rings. The summed E-state index contributed by atoms with van der Waals surface area (Å²) in [5.41, 5.74) is 1.80. The number of methoxy groups -OCH3 is 1. The Kier molecular flexibility index (Phi) is 6.36. The number of hydrogen-bond acceptors (Lipinski definition) is 4. The standard InChI is InChI=1S/C27H24N2O4/c1-17(30)28-21-11-7-10-20(15-21)26(31)29-25(27(32)33-2)16-24-22-12-5-3-8-18(22)14-19-9-4-6-13-23(19)24/h3-15,25H,16H2,1-2H3,(H,28,30)(H,29,31)/t25-/m0/s1. The Labute approximate surface area is 191 Å². The van der Waals surface area contributed by atoms with Crippen molar-refractivity contribution in [1.29, 1.82) is 0 Å². The van der Waals surface area contributed by atoms with Crippen molar-refractivity contribution in [2.24, 2.45) is 0 Å². The first-order valence-corrected chi connectivity index (χ1v) is 10.6. The molecule has 0 saturated carbocycles. The van der Waals surface area contributed by atoms with Gasteiger partial charge in [-0.3, -0.25) is 9.59 Å². The smallest absolute Gasteiger partial charge is 0.328 e. The van der Waals surface area contributed by atoms with Crippen LogP contribution in [-0.2, 0) is 20.7 Å². The number of nitrogens with one attached hydrogen (secondary N) is 2. The molecule has 4 rings (SSSR count). The Bertz CT molecular complexity index is 1310. The number of anilines is 1. The van der Waals surface area contributed by atoms with Crippen LogP contribution in [0.5, 0.6) is 0 Å². The molecule has 0 aliphatic heterocycles. The predicted molar refractivity (Wildman–Crippen MR) is 129 cm³/mol. The highest BCUT2D eigenvalue weighted by Gasteiger charge is 2.24. The van der Waals surface area contributed by atoms with Crippen molar-refractivity contribution in [2.45, 2.75) is 19.4 Å². The average molecular weight is 440 g/mol. The molecule has 0 radical (unpaired) electrons. The zero-order valence-electron chi connectivity index (χ0n) is 18.4. The van der Waals surface area contributed by atoms with Gasteiger partial charge in [-0.05, 0) is 51.4 Å². The summed E-state index contributed by atoms with van der Waals surface area (Å²) in [4.78, 5) is 37.0. The summed E-state index contributed by atoms with van der Waals surface area (Å²) >= 11 is 0. The van der Waals surface area contributed by atoms with Gasteiger partial charge in [-0.25, -0.2) is 4.79 Å². The van der Waals surface area contributed by atoms with E-state index >= 15 is 0 Å². The highest BCUT2D eigenvalue weighted by atomic mass is 16.5. The molecule has 4 aromatic carbocycles. The zero-order valence-corrected chi connectivity index (χ0v) is 18.4. The number of rotatable bonds is 6. The number of amides is 2. The van der Waals surface area contributed by atoms with Crippen LogP contribution in [0.2, 0.25) is 0 Å². The lowest BCUT2D eigenvalue weighted by Crippen LogP contribution is -2.43. The molecule has 0 aromatic heterocycles. The maximum Gasteiger partial charge on any atom is 0.328 e. The molecule has 2 N–H and O–H groups in total. The normalized spacial score (nSPS) is 11.7. The van der Waals surface area contributed by atoms with Gasteiger partial charge in [-0.1, -0.05) is 54.6 Å². The third-order valence-electron chi connectivity index (χ3n) is 5.53. The van der Waals surface area contributed by atoms with Crippen molar-refractivity contribution in [2.75, 3.05) is 12.4 Å². The Balaban J connectivity index is 1.70. The summed E-state index contributed by atoms with van der Waals surface area (Å²) in [6.45, 7) is 1.40. The van der Waals surface area contributed by atoms with Gasteiger partial charge in [0.05, 0.1) is 7.11 Å². The Morgan fingerprint density at radius 2 is 1.48 bits per heavy atom. The van der Waals surface area contributed by atoms with Crippen LogP contribution in [0.3, 0.4) is 0 Å². The zero-order chi connectivity index (χ0) is 23.4. The Morgan fingerprint density at radius 1 is 0.848 bits per heavy atom. The molecule has 0 saturated heterocycles. The fourth-order valence-electron chi connectivity index (χ4n) is 4.05. The molecule has 2 amide bonds. The van der Waals surface area contributed by atoms with Gasteiger partial charge in [0.25, 0.3) is 5.91 Å². The topological polar surface area (TPSA) is 84.5 Å². The number of carbonyl (C=O) groups is 3. The summed E-state index contributed by atoms with van der Waals surface area (Å²) in [6.07, 6.45) is 0.270. The van der Waals surface area contributed by atoms with E-state index in [0.717, 1.165) is 27.1 Å². The second-order valence-corrected chi connectivity index (χ2v) is 7.81. The van der Waals surface area contributed by atoms with Crippen LogP contribution in [0.4, 0.5) is 5.69 Å². The lowest BCUT2D eigenvalue weighted by atomic mass is 9.92. The van der Waals surface area contributed by atoms with Crippen LogP contribution in [0.15, 0.2) is 78.9 Å². The van der Waals surface area contributed by atoms with E-state index in [4.69, 9.17) is 4.74 Å². The fourth-order valence-corrected chi connectivity index (χ4v) is 4.05. The van der Waals surface area contributed by atoms with Crippen LogP contribution in [0.1, 0.15) is 22.8 Å². The van der Waals surface area contributed by atoms with E-state index in [1.807, 2.05) is 48.5 Å². The van der Waals surface area contributed by atoms with Crippen molar-refractivity contribution >= 4 is 45.0 Å². The third-order valence-corrected chi connectivity index (χ3v) is 5.53. The molecule has 0 bridgehead atoms. The van der Waals surface area contributed by atoms with E-state index in [0.29, 0.717) is 11.3 Å². The fraction of sp³-hybridized carbons (Fsp3) is 0.148. The molecule has 33 heavy (non-hydrogen) atoms. The van der Waals surface area contributed by atoms with Gasteiger partial charge < -0.3 is 15.4 Å². The highest BCUT2D eigenvalue weighted by Crippen LogP contribution is 2.29. The van der Waals surface area contributed by atoms with Gasteiger partial charge in [-0.15, -0.1) is 0 Å². The number of esters is 1. The predicted octanol–water partition coefficient (Wildman–Crippen LogP) is 4.47. The summed E-state index contributed by atoms with van der Waals surface area (Å²) in [7, 11) is 1.31. The van der Waals surface area contributed by atoms with Gasteiger partial charge in [0.2, 0.25) is 5.91 Å². The molecule has 0 unspecified atom stereocenters. The molecule has 0 aliphatic carbocycles. The Morgan fingerprint density at radius 3 is 2.09 bits per heavy atom. The van der Waals surface area contributed by atoms with Gasteiger partial charge >= 0.3 is 5.97 Å². The molecular formula is C27H24N2O4. The first-order valence-electron chi connectivity index (χ1n) is 10.6. The average Bonchev–Trinajstić information content (AvgIpc) is 2.82. The third kappa shape index (κ3) is 4.85. The summed E-state index contributed by atoms with van der Waals surface area (Å²) in [6, 6.07) is 23.8.